The van der Waals surface area contributed by atoms with E-state index >= 15 is 0 Å². The number of methoxy groups -OCH3 is 1. The second-order valence-corrected chi connectivity index (χ2v) is 9.14. The van der Waals surface area contributed by atoms with E-state index in [4.69, 9.17) is 9.47 Å². The lowest BCUT2D eigenvalue weighted by Crippen LogP contribution is -2.35. The molecule has 33 heavy (non-hydrogen) atoms. The van der Waals surface area contributed by atoms with Gasteiger partial charge in [-0.05, 0) is 61.4 Å². The fraction of sp³-hybridized carbons (Fsp3) is 0.192. The average molecular weight is 466 g/mol. The summed E-state index contributed by atoms with van der Waals surface area (Å²) in [6, 6.07) is 19.9. The normalized spacial score (nSPS) is 11.4. The Balaban J connectivity index is 1.96. The number of aryl methyl sites for hydroxylation is 1. The topological polar surface area (TPSA) is 72.9 Å². The van der Waals surface area contributed by atoms with Gasteiger partial charge in [0, 0.05) is 6.08 Å². The van der Waals surface area contributed by atoms with Crippen LogP contribution >= 0.6 is 0 Å². The van der Waals surface area contributed by atoms with E-state index in [0.717, 1.165) is 16.3 Å². The van der Waals surface area contributed by atoms with E-state index < -0.39 is 15.9 Å². The van der Waals surface area contributed by atoms with Crippen LogP contribution in [0.1, 0.15) is 24.5 Å². The van der Waals surface area contributed by atoms with Crippen molar-refractivity contribution < 1.29 is 22.7 Å². The van der Waals surface area contributed by atoms with Crippen LogP contribution in [0.15, 0.2) is 83.8 Å². The van der Waals surface area contributed by atoms with Crippen molar-refractivity contribution in [2.24, 2.45) is 0 Å². The van der Waals surface area contributed by atoms with Gasteiger partial charge in [0.05, 0.1) is 24.3 Å². The average Bonchev–Trinajstić information content (AvgIpc) is 2.83. The van der Waals surface area contributed by atoms with Gasteiger partial charge >= 0.3 is 0 Å². The van der Waals surface area contributed by atoms with Gasteiger partial charge in [-0.3, -0.25) is 4.79 Å². The minimum absolute atomic E-state index is 0.0337. The highest BCUT2D eigenvalue weighted by atomic mass is 32.2. The Bertz CT molecular complexity index is 1220. The predicted octanol–water partition coefficient (Wildman–Crippen LogP) is 5.23. The quantitative estimate of drug-likeness (QED) is 0.405. The molecular weight excluding hydrogens is 438 g/mol. The van der Waals surface area contributed by atoms with E-state index in [1.54, 1.807) is 73.8 Å². The Labute approximate surface area is 195 Å². The molecule has 0 aliphatic heterocycles. The maximum Gasteiger partial charge on any atom is 0.271 e. The van der Waals surface area contributed by atoms with Crippen molar-refractivity contribution in [3.8, 4) is 11.5 Å². The van der Waals surface area contributed by atoms with Gasteiger partial charge < -0.3 is 9.47 Å². The summed E-state index contributed by atoms with van der Waals surface area (Å²) in [5, 5.41) is 0. The first-order valence-electron chi connectivity index (χ1n) is 10.6. The Morgan fingerprint density at radius 1 is 0.970 bits per heavy atom. The van der Waals surface area contributed by atoms with Crippen molar-refractivity contribution in [1.82, 2.24) is 0 Å². The Kier molecular flexibility index (Phi) is 7.90. The van der Waals surface area contributed by atoms with Crippen LogP contribution in [-0.4, -0.2) is 28.0 Å². The lowest BCUT2D eigenvalue weighted by molar-refractivity contribution is -0.113. The van der Waals surface area contributed by atoms with Crippen LogP contribution in [0, 0.1) is 6.92 Å². The number of carbonyl (C=O) groups excluding carboxylic acids is 1. The summed E-state index contributed by atoms with van der Waals surface area (Å²) >= 11 is 0. The molecule has 0 heterocycles. The molecule has 0 N–H and O–H groups in total. The molecular formula is C26H27NO5S. The summed E-state index contributed by atoms with van der Waals surface area (Å²) in [4.78, 5) is 13.2. The molecule has 0 atom stereocenters. The van der Waals surface area contributed by atoms with Crippen molar-refractivity contribution in [2.75, 3.05) is 18.0 Å². The van der Waals surface area contributed by atoms with Gasteiger partial charge in [0.2, 0.25) is 0 Å². The molecule has 0 saturated carbocycles. The highest BCUT2D eigenvalue weighted by molar-refractivity contribution is 7.93. The molecule has 3 aromatic carbocycles. The van der Waals surface area contributed by atoms with Gasteiger partial charge in [0.1, 0.15) is 0 Å². The maximum absolute atomic E-state index is 13.4. The fourth-order valence-corrected chi connectivity index (χ4v) is 4.53. The summed E-state index contributed by atoms with van der Waals surface area (Å²) < 4.78 is 38.5. The zero-order chi connectivity index (χ0) is 23.8. The second-order valence-electron chi connectivity index (χ2n) is 7.35. The molecule has 6 nitrogen and oxygen atoms in total. The molecule has 3 aromatic rings. The number of nitrogens with zero attached hydrogens (tertiary/aromatic N) is 1. The molecule has 0 aliphatic rings. The van der Waals surface area contributed by atoms with Crippen LogP contribution in [0.4, 0.5) is 5.69 Å². The number of rotatable bonds is 9. The minimum Gasteiger partial charge on any atom is -0.493 e. The van der Waals surface area contributed by atoms with E-state index in [9.17, 15) is 13.2 Å². The summed E-state index contributed by atoms with van der Waals surface area (Å²) in [6.07, 6.45) is 3.65. The molecule has 3 rings (SSSR count). The summed E-state index contributed by atoms with van der Waals surface area (Å²) in [5.74, 6) is 0.453. The highest BCUT2D eigenvalue weighted by Crippen LogP contribution is 2.29. The Morgan fingerprint density at radius 3 is 2.30 bits per heavy atom. The van der Waals surface area contributed by atoms with Gasteiger partial charge in [-0.25, -0.2) is 8.42 Å². The smallest absolute Gasteiger partial charge is 0.271 e. The monoisotopic (exact) mass is 465 g/mol. The van der Waals surface area contributed by atoms with Crippen LogP contribution < -0.4 is 13.8 Å². The number of amides is 1. The van der Waals surface area contributed by atoms with Crippen molar-refractivity contribution in [2.45, 2.75) is 25.2 Å². The van der Waals surface area contributed by atoms with Crippen LogP contribution in [0.5, 0.6) is 11.5 Å². The third-order valence-electron chi connectivity index (χ3n) is 4.82. The van der Waals surface area contributed by atoms with Crippen molar-refractivity contribution >= 4 is 27.7 Å². The molecule has 0 fully saturated rings. The van der Waals surface area contributed by atoms with E-state index in [1.807, 2.05) is 13.8 Å². The van der Waals surface area contributed by atoms with Crippen molar-refractivity contribution in [3.05, 3.63) is 90.0 Å². The van der Waals surface area contributed by atoms with E-state index in [-0.39, 0.29) is 10.6 Å². The standard InChI is InChI=1S/C26H27NO5S/c1-4-18-32-24-16-12-21(19-25(24)31-3)13-17-26(28)27(22-14-10-20(2)11-15-22)33(29,30)23-8-6-5-7-9-23/h5-17,19H,4,18H2,1-3H3/b17-13+. The van der Waals surface area contributed by atoms with Gasteiger partial charge in [-0.2, -0.15) is 4.31 Å². The Morgan fingerprint density at radius 2 is 1.67 bits per heavy atom. The number of ether oxygens (including phenoxy) is 2. The van der Waals surface area contributed by atoms with Crippen molar-refractivity contribution in [3.63, 3.8) is 0 Å². The predicted molar refractivity (Wildman–Crippen MR) is 130 cm³/mol. The van der Waals surface area contributed by atoms with Crippen molar-refractivity contribution in [1.29, 1.82) is 0 Å². The van der Waals surface area contributed by atoms with Crippen LogP contribution in [0.25, 0.3) is 6.08 Å². The lowest BCUT2D eigenvalue weighted by Gasteiger charge is -2.21. The third-order valence-corrected chi connectivity index (χ3v) is 6.56. The lowest BCUT2D eigenvalue weighted by atomic mass is 10.2. The Hall–Kier alpha value is -3.58. The largest absolute Gasteiger partial charge is 0.493 e. The molecule has 0 unspecified atom stereocenters. The summed E-state index contributed by atoms with van der Waals surface area (Å²) in [6.45, 7) is 4.47. The highest BCUT2D eigenvalue weighted by Gasteiger charge is 2.29. The number of sulfonamides is 1. The molecule has 1 amide bonds. The van der Waals surface area contributed by atoms with E-state index in [1.165, 1.54) is 18.2 Å². The molecule has 0 radical (unpaired) electrons. The first-order chi connectivity index (χ1) is 15.9. The zero-order valence-electron chi connectivity index (χ0n) is 18.9. The second kappa shape index (κ2) is 10.8. The number of anilines is 1. The van der Waals surface area contributed by atoms with Gasteiger partial charge in [-0.15, -0.1) is 0 Å². The molecule has 0 spiro atoms. The molecule has 0 aromatic heterocycles. The van der Waals surface area contributed by atoms with Crippen LogP contribution in [0.3, 0.4) is 0 Å². The van der Waals surface area contributed by atoms with E-state index in [0.29, 0.717) is 23.7 Å². The molecule has 0 saturated heterocycles. The number of carbonyl (C=O) groups is 1. The summed E-state index contributed by atoms with van der Waals surface area (Å²) in [5.41, 5.74) is 1.89. The summed E-state index contributed by atoms with van der Waals surface area (Å²) in [7, 11) is -2.57. The van der Waals surface area contributed by atoms with Crippen LogP contribution in [0.2, 0.25) is 0 Å². The first-order valence-corrected chi connectivity index (χ1v) is 12.0. The number of benzene rings is 3. The fourth-order valence-electron chi connectivity index (χ4n) is 3.12. The minimum atomic E-state index is -4.11. The molecule has 0 aliphatic carbocycles. The molecule has 7 heteroatoms. The number of hydrogen-bond acceptors (Lipinski definition) is 5. The zero-order valence-corrected chi connectivity index (χ0v) is 19.7. The maximum atomic E-state index is 13.4. The molecule has 0 bridgehead atoms. The van der Waals surface area contributed by atoms with E-state index in [2.05, 4.69) is 0 Å². The molecule has 172 valence electrons. The van der Waals surface area contributed by atoms with Gasteiger partial charge in [0.25, 0.3) is 15.9 Å². The third kappa shape index (κ3) is 5.81. The van der Waals surface area contributed by atoms with Gasteiger partial charge in [-0.1, -0.05) is 48.9 Å². The van der Waals surface area contributed by atoms with Gasteiger partial charge in [0.15, 0.2) is 11.5 Å². The SMILES string of the molecule is CCCOc1ccc(/C=C/C(=O)N(c2ccc(C)cc2)S(=O)(=O)c2ccccc2)cc1OC. The van der Waals surface area contributed by atoms with Crippen LogP contribution in [-0.2, 0) is 14.8 Å². The first kappa shape index (κ1) is 24.1. The number of hydrogen-bond donors (Lipinski definition) is 0.